The summed E-state index contributed by atoms with van der Waals surface area (Å²) in [7, 11) is 0. The van der Waals surface area contributed by atoms with Crippen LogP contribution in [-0.2, 0) is 4.79 Å². The molecule has 2 aromatic rings. The van der Waals surface area contributed by atoms with Crippen molar-refractivity contribution in [2.24, 2.45) is 5.73 Å². The third-order valence-electron chi connectivity index (χ3n) is 2.63. The zero-order valence-electron chi connectivity index (χ0n) is 9.94. The van der Waals surface area contributed by atoms with Crippen LogP contribution in [0.4, 0.5) is 5.69 Å². The minimum atomic E-state index is -0.726. The van der Waals surface area contributed by atoms with E-state index in [9.17, 15) is 4.79 Å². The molecule has 5 heteroatoms. The molecule has 0 aromatic heterocycles. The number of benzene rings is 2. The summed E-state index contributed by atoms with van der Waals surface area (Å²) in [4.78, 5) is 12.0. The fraction of sp³-hybridized carbons (Fsp3) is 0.0714. The molecule has 0 bridgehead atoms. The van der Waals surface area contributed by atoms with E-state index >= 15 is 0 Å². The lowest BCUT2D eigenvalue weighted by molar-refractivity contribution is -0.117. The highest BCUT2D eigenvalue weighted by atomic mass is 35.5. The lowest BCUT2D eigenvalue weighted by atomic mass is 10.1. The number of anilines is 1. The highest BCUT2D eigenvalue weighted by molar-refractivity contribution is 6.42. The number of carbonyl (C=O) groups excluding carboxylic acids is 1. The van der Waals surface area contributed by atoms with Crippen molar-refractivity contribution >= 4 is 34.8 Å². The Bertz CT molecular complexity index is 587. The first-order chi connectivity index (χ1) is 9.08. The summed E-state index contributed by atoms with van der Waals surface area (Å²) in [5.41, 5.74) is 7.19. The van der Waals surface area contributed by atoms with Crippen LogP contribution in [0.25, 0.3) is 0 Å². The molecule has 0 saturated carbocycles. The Balaban J connectivity index is 2.10. The molecule has 3 nitrogen and oxygen atoms in total. The normalized spacial score (nSPS) is 11.9. The standard InChI is InChI=1S/C14H12Cl2N2O/c15-11-7-6-10(8-12(11)16)18-14(19)13(17)9-4-2-1-3-5-9/h1-8,13H,17H2,(H,18,19)/t13-/m1/s1. The topological polar surface area (TPSA) is 55.1 Å². The van der Waals surface area contributed by atoms with Crippen molar-refractivity contribution in [3.05, 3.63) is 64.1 Å². The number of nitrogens with one attached hydrogen (secondary N) is 1. The van der Waals surface area contributed by atoms with Crippen LogP contribution in [0.3, 0.4) is 0 Å². The predicted molar refractivity (Wildman–Crippen MR) is 78.5 cm³/mol. The third-order valence-corrected chi connectivity index (χ3v) is 3.37. The Morgan fingerprint density at radius 1 is 1.05 bits per heavy atom. The van der Waals surface area contributed by atoms with Gasteiger partial charge in [0.25, 0.3) is 0 Å². The second-order valence-corrected chi connectivity index (χ2v) is 4.82. The van der Waals surface area contributed by atoms with Crippen molar-refractivity contribution in [3.8, 4) is 0 Å². The molecule has 0 radical (unpaired) electrons. The summed E-state index contributed by atoms with van der Waals surface area (Å²) in [6.07, 6.45) is 0. The number of nitrogens with two attached hydrogens (primary N) is 1. The number of halogens is 2. The highest BCUT2D eigenvalue weighted by Gasteiger charge is 2.15. The molecular formula is C14H12Cl2N2O. The molecule has 2 rings (SSSR count). The van der Waals surface area contributed by atoms with Crippen molar-refractivity contribution in [2.75, 3.05) is 5.32 Å². The summed E-state index contributed by atoms with van der Waals surface area (Å²) in [5, 5.41) is 3.52. The highest BCUT2D eigenvalue weighted by Crippen LogP contribution is 2.25. The van der Waals surface area contributed by atoms with Gasteiger partial charge < -0.3 is 11.1 Å². The smallest absolute Gasteiger partial charge is 0.245 e. The quantitative estimate of drug-likeness (QED) is 0.908. The van der Waals surface area contributed by atoms with Gasteiger partial charge in [-0.25, -0.2) is 0 Å². The summed E-state index contributed by atoms with van der Waals surface area (Å²) >= 11 is 11.7. The number of hydrogen-bond acceptors (Lipinski definition) is 2. The minimum absolute atomic E-state index is 0.301. The van der Waals surface area contributed by atoms with Gasteiger partial charge in [-0.05, 0) is 23.8 Å². The van der Waals surface area contributed by atoms with E-state index in [0.717, 1.165) is 5.56 Å². The van der Waals surface area contributed by atoms with Crippen LogP contribution in [0.15, 0.2) is 48.5 Å². The molecule has 0 spiro atoms. The molecule has 0 fully saturated rings. The van der Waals surface area contributed by atoms with Gasteiger partial charge in [-0.15, -0.1) is 0 Å². The average molecular weight is 295 g/mol. The van der Waals surface area contributed by atoms with Crippen LogP contribution in [-0.4, -0.2) is 5.91 Å². The van der Waals surface area contributed by atoms with Gasteiger partial charge in [0.2, 0.25) is 5.91 Å². The van der Waals surface area contributed by atoms with Crippen molar-refractivity contribution in [1.82, 2.24) is 0 Å². The lowest BCUT2D eigenvalue weighted by Gasteiger charge is -2.12. The van der Waals surface area contributed by atoms with Crippen LogP contribution >= 0.6 is 23.2 Å². The maximum atomic E-state index is 12.0. The van der Waals surface area contributed by atoms with E-state index in [0.29, 0.717) is 15.7 Å². The molecule has 3 N–H and O–H groups in total. The zero-order valence-corrected chi connectivity index (χ0v) is 11.4. The van der Waals surface area contributed by atoms with E-state index in [4.69, 9.17) is 28.9 Å². The maximum Gasteiger partial charge on any atom is 0.245 e. The van der Waals surface area contributed by atoms with E-state index in [1.807, 2.05) is 18.2 Å². The number of hydrogen-bond donors (Lipinski definition) is 2. The summed E-state index contributed by atoms with van der Waals surface area (Å²) in [6, 6.07) is 13.3. The van der Waals surface area contributed by atoms with E-state index in [1.54, 1.807) is 30.3 Å². The van der Waals surface area contributed by atoms with Crippen molar-refractivity contribution in [2.45, 2.75) is 6.04 Å². The van der Waals surface area contributed by atoms with Gasteiger partial charge in [-0.2, -0.15) is 0 Å². The van der Waals surface area contributed by atoms with Crippen LogP contribution < -0.4 is 11.1 Å². The van der Waals surface area contributed by atoms with Crippen LogP contribution in [0.2, 0.25) is 10.0 Å². The Labute approximate surface area is 121 Å². The van der Waals surface area contributed by atoms with Gasteiger partial charge >= 0.3 is 0 Å². The molecule has 19 heavy (non-hydrogen) atoms. The molecule has 0 aliphatic heterocycles. The number of rotatable bonds is 3. The molecule has 0 heterocycles. The molecule has 98 valence electrons. The van der Waals surface area contributed by atoms with E-state index in [2.05, 4.69) is 5.32 Å². The minimum Gasteiger partial charge on any atom is -0.324 e. The van der Waals surface area contributed by atoms with Gasteiger partial charge in [-0.3, -0.25) is 4.79 Å². The van der Waals surface area contributed by atoms with Gasteiger partial charge in [0.1, 0.15) is 6.04 Å². The zero-order chi connectivity index (χ0) is 13.8. The molecule has 0 aliphatic rings. The molecule has 0 saturated heterocycles. The number of amides is 1. The van der Waals surface area contributed by atoms with E-state index in [-0.39, 0.29) is 5.91 Å². The third kappa shape index (κ3) is 3.47. The Morgan fingerprint density at radius 2 is 1.74 bits per heavy atom. The maximum absolute atomic E-state index is 12.0. The van der Waals surface area contributed by atoms with E-state index in [1.165, 1.54) is 0 Å². The molecule has 0 unspecified atom stereocenters. The molecule has 1 atom stereocenters. The first-order valence-electron chi connectivity index (χ1n) is 5.64. The summed E-state index contributed by atoms with van der Waals surface area (Å²) in [6.45, 7) is 0. The van der Waals surface area contributed by atoms with Gasteiger partial charge in [0.05, 0.1) is 10.0 Å². The van der Waals surface area contributed by atoms with Crippen molar-refractivity contribution in [1.29, 1.82) is 0 Å². The summed E-state index contributed by atoms with van der Waals surface area (Å²) < 4.78 is 0. The predicted octanol–water partition coefficient (Wildman–Crippen LogP) is 3.63. The first kappa shape index (κ1) is 13.9. The van der Waals surface area contributed by atoms with Crippen LogP contribution in [0.1, 0.15) is 11.6 Å². The largest absolute Gasteiger partial charge is 0.324 e. The number of carbonyl (C=O) groups is 1. The van der Waals surface area contributed by atoms with Gasteiger partial charge in [-0.1, -0.05) is 53.5 Å². The van der Waals surface area contributed by atoms with Crippen LogP contribution in [0, 0.1) is 0 Å². The average Bonchev–Trinajstić information content (AvgIpc) is 2.43. The van der Waals surface area contributed by atoms with Gasteiger partial charge in [0.15, 0.2) is 0 Å². The second-order valence-electron chi connectivity index (χ2n) is 4.01. The first-order valence-corrected chi connectivity index (χ1v) is 6.40. The lowest BCUT2D eigenvalue weighted by Crippen LogP contribution is -2.27. The fourth-order valence-corrected chi connectivity index (χ4v) is 1.90. The van der Waals surface area contributed by atoms with Gasteiger partial charge in [0, 0.05) is 5.69 Å². The molecular weight excluding hydrogens is 283 g/mol. The second kappa shape index (κ2) is 6.06. The monoisotopic (exact) mass is 294 g/mol. The molecule has 2 aromatic carbocycles. The fourth-order valence-electron chi connectivity index (χ4n) is 1.61. The van der Waals surface area contributed by atoms with E-state index < -0.39 is 6.04 Å². The van der Waals surface area contributed by atoms with Crippen molar-refractivity contribution in [3.63, 3.8) is 0 Å². The van der Waals surface area contributed by atoms with Crippen LogP contribution in [0.5, 0.6) is 0 Å². The SMILES string of the molecule is N[C@@H](C(=O)Nc1ccc(Cl)c(Cl)c1)c1ccccc1. The molecule has 0 aliphatic carbocycles. The Morgan fingerprint density at radius 3 is 2.37 bits per heavy atom. The Kier molecular flexibility index (Phi) is 4.43. The van der Waals surface area contributed by atoms with Crippen molar-refractivity contribution < 1.29 is 4.79 Å². The molecule has 1 amide bonds. The summed E-state index contributed by atoms with van der Waals surface area (Å²) in [5.74, 6) is -0.301. The Hall–Kier alpha value is -1.55.